The Morgan fingerprint density at radius 1 is 1.00 bits per heavy atom. The van der Waals surface area contributed by atoms with E-state index in [4.69, 9.17) is 20.3 Å². The standard InChI is InChI=1S/C25H27NO4/c1-17(29-2)22-11-19(12-23(13-22)20-8-5-6-18(10-20)15-26)16-30-24-9-4-3-7-21(24)14-25(27)28/h3-13,17H,14-16,26H2,1-2H3,(H,27,28). The highest BCUT2D eigenvalue weighted by Gasteiger charge is 2.12. The summed E-state index contributed by atoms with van der Waals surface area (Å²) in [6, 6.07) is 21.6. The summed E-state index contributed by atoms with van der Waals surface area (Å²) in [4.78, 5) is 11.1. The molecule has 1 unspecified atom stereocenters. The summed E-state index contributed by atoms with van der Waals surface area (Å²) < 4.78 is 11.5. The van der Waals surface area contributed by atoms with Gasteiger partial charge in [0, 0.05) is 19.2 Å². The number of methoxy groups -OCH3 is 1. The minimum Gasteiger partial charge on any atom is -0.489 e. The fourth-order valence-corrected chi connectivity index (χ4v) is 3.33. The quantitative estimate of drug-likeness (QED) is 0.538. The molecule has 3 N–H and O–H groups in total. The number of hydrogen-bond acceptors (Lipinski definition) is 4. The molecule has 0 aliphatic heterocycles. The molecule has 0 aliphatic carbocycles. The van der Waals surface area contributed by atoms with Crippen molar-refractivity contribution in [3.8, 4) is 16.9 Å². The van der Waals surface area contributed by atoms with Crippen LogP contribution in [0.2, 0.25) is 0 Å². The van der Waals surface area contributed by atoms with E-state index in [1.54, 1.807) is 19.2 Å². The van der Waals surface area contributed by atoms with Crippen molar-refractivity contribution in [3.05, 3.63) is 89.0 Å². The van der Waals surface area contributed by atoms with Crippen LogP contribution in [0.15, 0.2) is 66.7 Å². The highest BCUT2D eigenvalue weighted by molar-refractivity contribution is 5.71. The third-order valence-corrected chi connectivity index (χ3v) is 5.04. The molecule has 0 aliphatic rings. The van der Waals surface area contributed by atoms with Gasteiger partial charge in [0.1, 0.15) is 12.4 Å². The molecule has 5 nitrogen and oxygen atoms in total. The van der Waals surface area contributed by atoms with Gasteiger partial charge in [-0.2, -0.15) is 0 Å². The summed E-state index contributed by atoms with van der Waals surface area (Å²) in [6.07, 6.45) is -0.144. The topological polar surface area (TPSA) is 81.8 Å². The first-order chi connectivity index (χ1) is 14.5. The molecule has 0 aromatic heterocycles. The van der Waals surface area contributed by atoms with Crippen molar-refractivity contribution in [1.29, 1.82) is 0 Å². The van der Waals surface area contributed by atoms with Crippen molar-refractivity contribution in [2.45, 2.75) is 32.6 Å². The average molecular weight is 405 g/mol. The summed E-state index contributed by atoms with van der Waals surface area (Å²) in [5, 5.41) is 9.13. The molecule has 3 aromatic rings. The van der Waals surface area contributed by atoms with E-state index in [9.17, 15) is 4.79 Å². The first-order valence-corrected chi connectivity index (χ1v) is 9.88. The Morgan fingerprint density at radius 2 is 1.77 bits per heavy atom. The smallest absolute Gasteiger partial charge is 0.307 e. The van der Waals surface area contributed by atoms with Gasteiger partial charge in [-0.15, -0.1) is 0 Å². The van der Waals surface area contributed by atoms with Crippen LogP contribution in [0.25, 0.3) is 11.1 Å². The molecule has 1 atom stereocenters. The molecule has 30 heavy (non-hydrogen) atoms. The molecular formula is C25H27NO4. The van der Waals surface area contributed by atoms with Gasteiger partial charge >= 0.3 is 5.97 Å². The van der Waals surface area contributed by atoms with Crippen LogP contribution in [0.5, 0.6) is 5.75 Å². The lowest BCUT2D eigenvalue weighted by Crippen LogP contribution is -2.05. The lowest BCUT2D eigenvalue weighted by Gasteiger charge is -2.16. The van der Waals surface area contributed by atoms with Crippen molar-refractivity contribution in [2.75, 3.05) is 7.11 Å². The number of aliphatic carboxylic acids is 1. The second-order valence-corrected chi connectivity index (χ2v) is 7.21. The number of para-hydroxylation sites is 1. The van der Waals surface area contributed by atoms with Gasteiger partial charge in [-0.05, 0) is 65.1 Å². The van der Waals surface area contributed by atoms with E-state index in [0.717, 1.165) is 27.8 Å². The Morgan fingerprint density at radius 3 is 2.50 bits per heavy atom. The second kappa shape index (κ2) is 10.1. The van der Waals surface area contributed by atoms with E-state index in [1.807, 2.05) is 31.2 Å². The van der Waals surface area contributed by atoms with Gasteiger partial charge in [0.15, 0.2) is 0 Å². The van der Waals surface area contributed by atoms with Gasteiger partial charge in [0.25, 0.3) is 0 Å². The number of nitrogens with two attached hydrogens (primary N) is 1. The van der Waals surface area contributed by atoms with Crippen molar-refractivity contribution < 1.29 is 19.4 Å². The van der Waals surface area contributed by atoms with Gasteiger partial charge in [-0.1, -0.05) is 36.4 Å². The van der Waals surface area contributed by atoms with Crippen molar-refractivity contribution >= 4 is 5.97 Å². The van der Waals surface area contributed by atoms with Crippen molar-refractivity contribution in [2.24, 2.45) is 5.73 Å². The van der Waals surface area contributed by atoms with Crippen LogP contribution >= 0.6 is 0 Å². The maximum Gasteiger partial charge on any atom is 0.307 e. The molecular weight excluding hydrogens is 378 g/mol. The maximum atomic E-state index is 11.1. The minimum atomic E-state index is -0.885. The largest absolute Gasteiger partial charge is 0.489 e. The lowest BCUT2D eigenvalue weighted by molar-refractivity contribution is -0.136. The highest BCUT2D eigenvalue weighted by atomic mass is 16.5. The Bertz CT molecular complexity index is 1020. The lowest BCUT2D eigenvalue weighted by atomic mass is 9.97. The minimum absolute atomic E-state index is 0.0688. The second-order valence-electron chi connectivity index (χ2n) is 7.21. The van der Waals surface area contributed by atoms with Crippen LogP contribution in [-0.2, 0) is 29.1 Å². The summed E-state index contributed by atoms with van der Waals surface area (Å²) in [5.74, 6) is -0.305. The molecule has 0 heterocycles. The molecule has 5 heteroatoms. The maximum absolute atomic E-state index is 11.1. The Kier molecular flexibility index (Phi) is 7.22. The van der Waals surface area contributed by atoms with Crippen molar-refractivity contribution in [3.63, 3.8) is 0 Å². The van der Waals surface area contributed by atoms with Gasteiger partial charge in [0.2, 0.25) is 0 Å². The van der Waals surface area contributed by atoms with Crippen LogP contribution in [0.4, 0.5) is 0 Å². The predicted molar refractivity (Wildman–Crippen MR) is 117 cm³/mol. The van der Waals surface area contributed by atoms with E-state index in [2.05, 4.69) is 30.3 Å². The van der Waals surface area contributed by atoms with E-state index in [-0.39, 0.29) is 12.5 Å². The third-order valence-electron chi connectivity index (χ3n) is 5.04. The molecule has 0 amide bonds. The molecule has 0 saturated carbocycles. The number of carboxylic acid groups (broad SMARTS) is 1. The zero-order valence-electron chi connectivity index (χ0n) is 17.3. The van der Waals surface area contributed by atoms with Crippen LogP contribution in [0.1, 0.15) is 35.3 Å². The van der Waals surface area contributed by atoms with Crippen LogP contribution < -0.4 is 10.5 Å². The number of carbonyl (C=O) groups is 1. The van der Waals surface area contributed by atoms with E-state index in [1.165, 1.54) is 0 Å². The first kappa shape index (κ1) is 21.6. The number of ether oxygens (including phenoxy) is 2. The van der Waals surface area contributed by atoms with Crippen LogP contribution in [-0.4, -0.2) is 18.2 Å². The number of hydrogen-bond donors (Lipinski definition) is 2. The van der Waals surface area contributed by atoms with Gasteiger partial charge in [0.05, 0.1) is 12.5 Å². The fraction of sp³-hybridized carbons (Fsp3) is 0.240. The average Bonchev–Trinajstić information content (AvgIpc) is 2.77. The SMILES string of the molecule is COC(C)c1cc(COc2ccccc2CC(=O)O)cc(-c2cccc(CN)c2)c1. The van der Waals surface area contributed by atoms with Crippen LogP contribution in [0.3, 0.4) is 0 Å². The Balaban J connectivity index is 1.92. The molecule has 3 rings (SSSR count). The monoisotopic (exact) mass is 405 g/mol. The first-order valence-electron chi connectivity index (χ1n) is 9.88. The third kappa shape index (κ3) is 5.47. The molecule has 0 fully saturated rings. The number of carboxylic acids is 1. The van der Waals surface area contributed by atoms with E-state index >= 15 is 0 Å². The highest BCUT2D eigenvalue weighted by Crippen LogP contribution is 2.28. The molecule has 0 radical (unpaired) electrons. The zero-order chi connectivity index (χ0) is 21.5. The van der Waals surface area contributed by atoms with Crippen molar-refractivity contribution in [1.82, 2.24) is 0 Å². The molecule has 3 aromatic carbocycles. The van der Waals surface area contributed by atoms with Crippen LogP contribution in [0, 0.1) is 0 Å². The van der Waals surface area contributed by atoms with Gasteiger partial charge < -0.3 is 20.3 Å². The summed E-state index contributed by atoms with van der Waals surface area (Å²) in [6.45, 7) is 2.81. The Hall–Kier alpha value is -3.15. The van der Waals surface area contributed by atoms with Gasteiger partial charge in [-0.3, -0.25) is 4.79 Å². The Labute approximate surface area is 177 Å². The molecule has 0 bridgehead atoms. The molecule has 156 valence electrons. The normalized spacial score (nSPS) is 11.8. The summed E-state index contributed by atoms with van der Waals surface area (Å²) >= 11 is 0. The fourth-order valence-electron chi connectivity index (χ4n) is 3.33. The predicted octanol–water partition coefficient (Wildman–Crippen LogP) is 4.73. The zero-order valence-corrected chi connectivity index (χ0v) is 17.3. The molecule has 0 spiro atoms. The number of rotatable bonds is 9. The van der Waals surface area contributed by atoms with E-state index < -0.39 is 5.97 Å². The summed E-state index contributed by atoms with van der Waals surface area (Å²) in [7, 11) is 1.69. The molecule has 0 saturated heterocycles. The number of benzene rings is 3. The van der Waals surface area contributed by atoms with Gasteiger partial charge in [-0.25, -0.2) is 0 Å². The van der Waals surface area contributed by atoms with E-state index in [0.29, 0.717) is 24.5 Å². The summed E-state index contributed by atoms with van der Waals surface area (Å²) in [5.41, 5.74) is 11.7.